The smallest absolute Gasteiger partial charge is 0.481 e. The van der Waals surface area contributed by atoms with Crippen LogP contribution >= 0.6 is 22.6 Å². The van der Waals surface area contributed by atoms with Crippen molar-refractivity contribution in [2.45, 2.75) is 12.8 Å². The predicted molar refractivity (Wildman–Crippen MR) is 57.8 cm³/mol. The number of nitrogens with one attached hydrogen (secondary N) is 1. The quantitative estimate of drug-likeness (QED) is 0.630. The van der Waals surface area contributed by atoms with Crippen molar-refractivity contribution in [3.63, 3.8) is 0 Å². The van der Waals surface area contributed by atoms with Gasteiger partial charge in [-0.05, 0) is 22.6 Å². The highest BCUT2D eigenvalue weighted by Crippen LogP contribution is 2.25. The molecule has 0 radical (unpaired) electrons. The largest absolute Gasteiger partial charge is 0.573 e. The second kappa shape index (κ2) is 4.94. The van der Waals surface area contributed by atoms with E-state index in [9.17, 15) is 22.8 Å². The summed E-state index contributed by atoms with van der Waals surface area (Å²) < 4.78 is 39.8. The molecule has 0 bridgehead atoms. The molecule has 0 aromatic carbocycles. The van der Waals surface area contributed by atoms with Crippen LogP contribution in [0.1, 0.15) is 5.56 Å². The molecule has 9 heteroatoms. The fourth-order valence-electron chi connectivity index (χ4n) is 1.07. The van der Waals surface area contributed by atoms with Gasteiger partial charge in [0.15, 0.2) is 0 Å². The van der Waals surface area contributed by atoms with E-state index in [1.54, 1.807) is 22.6 Å². The Morgan fingerprint density at radius 2 is 2.12 bits per heavy atom. The molecule has 2 N–H and O–H groups in total. The Morgan fingerprint density at radius 3 is 2.59 bits per heavy atom. The summed E-state index contributed by atoms with van der Waals surface area (Å²) in [5.74, 6) is -2.23. The highest BCUT2D eigenvalue weighted by atomic mass is 127. The van der Waals surface area contributed by atoms with Crippen LogP contribution in [-0.4, -0.2) is 22.4 Å². The van der Waals surface area contributed by atoms with Crippen LogP contribution in [0.2, 0.25) is 0 Å². The van der Waals surface area contributed by atoms with E-state index < -0.39 is 35.6 Å². The molecule has 1 aromatic heterocycles. The summed E-state index contributed by atoms with van der Waals surface area (Å²) in [5, 5.41) is 8.49. The van der Waals surface area contributed by atoms with Crippen LogP contribution in [0.15, 0.2) is 10.9 Å². The molecule has 0 atom stereocenters. The van der Waals surface area contributed by atoms with Crippen molar-refractivity contribution in [1.29, 1.82) is 0 Å². The Labute approximate surface area is 106 Å². The molecule has 17 heavy (non-hydrogen) atoms. The lowest BCUT2D eigenvalue weighted by Crippen LogP contribution is -2.24. The first-order chi connectivity index (χ1) is 7.69. The van der Waals surface area contributed by atoms with E-state index in [1.807, 2.05) is 0 Å². The van der Waals surface area contributed by atoms with Gasteiger partial charge in [0, 0.05) is 6.07 Å². The van der Waals surface area contributed by atoms with Crippen molar-refractivity contribution in [2.75, 3.05) is 0 Å². The van der Waals surface area contributed by atoms with Crippen LogP contribution in [0.25, 0.3) is 0 Å². The minimum atomic E-state index is -4.98. The van der Waals surface area contributed by atoms with Gasteiger partial charge in [-0.25, -0.2) is 0 Å². The van der Waals surface area contributed by atoms with Crippen molar-refractivity contribution >= 4 is 28.6 Å². The van der Waals surface area contributed by atoms with Crippen molar-refractivity contribution in [1.82, 2.24) is 4.98 Å². The average Bonchev–Trinajstić information content (AvgIpc) is 2.07. The Balaban J connectivity index is 3.25. The fourth-order valence-corrected chi connectivity index (χ4v) is 1.60. The lowest BCUT2D eigenvalue weighted by atomic mass is 10.2. The Kier molecular flexibility index (Phi) is 4.01. The molecule has 94 valence electrons. The molecule has 0 aliphatic carbocycles. The minimum absolute atomic E-state index is 0.112. The summed E-state index contributed by atoms with van der Waals surface area (Å²) in [5.41, 5.74) is -1.49. The second-order valence-electron chi connectivity index (χ2n) is 2.91. The molecule has 1 rings (SSSR count). The van der Waals surface area contributed by atoms with Gasteiger partial charge in [-0.1, -0.05) is 0 Å². The summed E-state index contributed by atoms with van der Waals surface area (Å²) in [6.07, 6.45) is -5.83. The molecule has 0 saturated carbocycles. The van der Waals surface area contributed by atoms with Gasteiger partial charge in [0.1, 0.15) is 5.75 Å². The Bertz CT molecular complexity index is 497. The minimum Gasteiger partial charge on any atom is -0.481 e. The number of carboxylic acids is 1. The van der Waals surface area contributed by atoms with Crippen LogP contribution in [0, 0.1) is 3.70 Å². The van der Waals surface area contributed by atoms with Gasteiger partial charge in [-0.3, -0.25) is 9.59 Å². The van der Waals surface area contributed by atoms with Crippen LogP contribution in [0.3, 0.4) is 0 Å². The van der Waals surface area contributed by atoms with E-state index >= 15 is 0 Å². The predicted octanol–water partition coefficient (Wildman–Crippen LogP) is 1.51. The maximum Gasteiger partial charge on any atom is 0.573 e. The summed E-state index contributed by atoms with van der Waals surface area (Å²) in [6, 6.07) is 0.910. The van der Waals surface area contributed by atoms with Gasteiger partial charge in [-0.2, -0.15) is 0 Å². The molecular weight excluding hydrogens is 358 g/mol. The number of carboxylic acid groups (broad SMARTS) is 1. The van der Waals surface area contributed by atoms with E-state index in [-0.39, 0.29) is 3.70 Å². The number of carbonyl (C=O) groups is 1. The zero-order valence-corrected chi connectivity index (χ0v) is 10.1. The molecule has 1 aromatic rings. The standard InChI is InChI=1S/C8H5F3INO4/c9-8(10,11)17-4-2-5(12)13-7(16)3(4)1-6(14)15/h2H,1H2,(H,13,16)(H,14,15). The third-order valence-electron chi connectivity index (χ3n) is 1.62. The number of aliphatic carboxylic acids is 1. The summed E-state index contributed by atoms with van der Waals surface area (Å²) in [7, 11) is 0. The molecule has 1 heterocycles. The lowest BCUT2D eigenvalue weighted by Gasteiger charge is -2.11. The number of H-pyrrole nitrogens is 1. The van der Waals surface area contributed by atoms with Crippen LogP contribution in [0.4, 0.5) is 13.2 Å². The molecule has 0 aliphatic heterocycles. The number of aromatic amines is 1. The number of ether oxygens (including phenoxy) is 1. The van der Waals surface area contributed by atoms with Crippen molar-refractivity contribution < 1.29 is 27.8 Å². The Hall–Kier alpha value is -1.26. The normalized spacial score (nSPS) is 11.3. The number of halogens is 4. The summed E-state index contributed by atoms with van der Waals surface area (Å²) in [6.45, 7) is 0. The zero-order valence-electron chi connectivity index (χ0n) is 7.97. The maximum atomic E-state index is 12.0. The van der Waals surface area contributed by atoms with E-state index in [1.165, 1.54) is 0 Å². The summed E-state index contributed by atoms with van der Waals surface area (Å²) in [4.78, 5) is 23.9. The van der Waals surface area contributed by atoms with Gasteiger partial charge < -0.3 is 14.8 Å². The first-order valence-corrected chi connectivity index (χ1v) is 5.16. The van der Waals surface area contributed by atoms with Gasteiger partial charge in [0.2, 0.25) is 0 Å². The molecular formula is C8H5F3INO4. The Morgan fingerprint density at radius 1 is 1.53 bits per heavy atom. The zero-order chi connectivity index (χ0) is 13.2. The SMILES string of the molecule is O=C(O)Cc1c(OC(F)(F)F)cc(I)[nH]c1=O. The molecule has 0 saturated heterocycles. The van der Waals surface area contributed by atoms with Crippen LogP contribution < -0.4 is 10.3 Å². The van der Waals surface area contributed by atoms with E-state index in [4.69, 9.17) is 5.11 Å². The van der Waals surface area contributed by atoms with Crippen molar-refractivity contribution in [3.05, 3.63) is 25.7 Å². The van der Waals surface area contributed by atoms with Crippen LogP contribution in [-0.2, 0) is 11.2 Å². The monoisotopic (exact) mass is 363 g/mol. The highest BCUT2D eigenvalue weighted by Gasteiger charge is 2.33. The summed E-state index contributed by atoms with van der Waals surface area (Å²) >= 11 is 1.58. The molecule has 5 nitrogen and oxygen atoms in total. The molecule has 0 unspecified atom stereocenters. The van der Waals surface area contributed by atoms with E-state index in [0.717, 1.165) is 6.07 Å². The molecule has 0 spiro atoms. The third kappa shape index (κ3) is 4.24. The average molecular weight is 363 g/mol. The highest BCUT2D eigenvalue weighted by molar-refractivity contribution is 14.1. The number of hydrogen-bond donors (Lipinski definition) is 2. The number of rotatable bonds is 3. The second-order valence-corrected chi connectivity index (χ2v) is 4.07. The van der Waals surface area contributed by atoms with Gasteiger partial charge >= 0.3 is 12.3 Å². The first kappa shape index (κ1) is 13.8. The number of aromatic nitrogens is 1. The fraction of sp³-hybridized carbons (Fsp3) is 0.250. The maximum absolute atomic E-state index is 12.0. The first-order valence-electron chi connectivity index (χ1n) is 4.08. The number of pyridine rings is 1. The molecule has 0 aliphatic rings. The van der Waals surface area contributed by atoms with E-state index in [2.05, 4.69) is 9.72 Å². The lowest BCUT2D eigenvalue weighted by molar-refractivity contribution is -0.275. The van der Waals surface area contributed by atoms with Crippen molar-refractivity contribution in [3.8, 4) is 5.75 Å². The number of alkyl halides is 3. The third-order valence-corrected chi connectivity index (χ3v) is 2.20. The van der Waals surface area contributed by atoms with Crippen LogP contribution in [0.5, 0.6) is 5.75 Å². The van der Waals surface area contributed by atoms with Gasteiger partial charge in [-0.15, -0.1) is 13.2 Å². The van der Waals surface area contributed by atoms with Gasteiger partial charge in [0.25, 0.3) is 5.56 Å². The molecule has 0 amide bonds. The van der Waals surface area contributed by atoms with Gasteiger partial charge in [0.05, 0.1) is 15.7 Å². The van der Waals surface area contributed by atoms with Crippen molar-refractivity contribution in [2.24, 2.45) is 0 Å². The number of hydrogen-bond acceptors (Lipinski definition) is 3. The van der Waals surface area contributed by atoms with E-state index in [0.29, 0.717) is 0 Å². The molecule has 0 fully saturated rings. The topological polar surface area (TPSA) is 79.4 Å².